The molecule has 110 valence electrons. The van der Waals surface area contributed by atoms with Gasteiger partial charge in [-0.1, -0.05) is 19.1 Å². The van der Waals surface area contributed by atoms with Crippen LogP contribution in [0.25, 0.3) is 11.1 Å². The Bertz CT molecular complexity index is 701. The van der Waals surface area contributed by atoms with Crippen LogP contribution in [0.2, 0.25) is 0 Å². The number of hydrogen-bond acceptors (Lipinski definition) is 4. The van der Waals surface area contributed by atoms with Gasteiger partial charge in [0.1, 0.15) is 11.8 Å². The first kappa shape index (κ1) is 14.8. The minimum absolute atomic E-state index is 0.365. The van der Waals surface area contributed by atoms with E-state index in [9.17, 15) is 14.7 Å². The maximum Gasteiger partial charge on any atom is 0.259 e. The van der Waals surface area contributed by atoms with Crippen LogP contribution in [0.1, 0.15) is 18.9 Å². The van der Waals surface area contributed by atoms with Crippen molar-refractivity contribution in [3.63, 3.8) is 0 Å². The topological polar surface area (TPSA) is 71.4 Å². The second-order valence-corrected chi connectivity index (χ2v) is 4.67. The summed E-state index contributed by atoms with van der Waals surface area (Å²) in [5.41, 5.74) is 1.31. The van der Waals surface area contributed by atoms with Gasteiger partial charge in [-0.3, -0.25) is 9.36 Å². The molecule has 5 heteroatoms. The molecule has 0 radical (unpaired) electrons. The highest BCUT2D eigenvalue weighted by Gasteiger charge is 2.08. The number of hydrogen-bond donors (Lipinski definition) is 0. The molecule has 0 amide bonds. The molecule has 0 unspecified atom stereocenters. The molecule has 0 saturated carbocycles. The van der Waals surface area contributed by atoms with E-state index in [1.165, 1.54) is 6.20 Å². The van der Waals surface area contributed by atoms with Crippen LogP contribution in [0.15, 0.2) is 41.3 Å². The summed E-state index contributed by atoms with van der Waals surface area (Å²) in [6, 6.07) is 8.93. The van der Waals surface area contributed by atoms with Gasteiger partial charge in [0.05, 0.1) is 6.61 Å². The van der Waals surface area contributed by atoms with Crippen LogP contribution in [-0.4, -0.2) is 17.3 Å². The SMILES string of the molecule is CCCOc1ccc(-c2ccn(C(=O)[O-])c(=O)c2C)cc1. The molecule has 0 aliphatic heterocycles. The monoisotopic (exact) mass is 286 g/mol. The zero-order valence-electron chi connectivity index (χ0n) is 12.0. The Hall–Kier alpha value is -2.56. The Balaban J connectivity index is 2.36. The van der Waals surface area contributed by atoms with E-state index in [0.29, 0.717) is 22.3 Å². The molecule has 1 heterocycles. The highest BCUT2D eigenvalue weighted by Crippen LogP contribution is 2.23. The third kappa shape index (κ3) is 3.13. The lowest BCUT2D eigenvalue weighted by Crippen LogP contribution is -2.37. The van der Waals surface area contributed by atoms with E-state index in [1.807, 2.05) is 31.2 Å². The molecule has 2 rings (SSSR count). The fourth-order valence-electron chi connectivity index (χ4n) is 2.04. The molecule has 0 fully saturated rings. The summed E-state index contributed by atoms with van der Waals surface area (Å²) in [4.78, 5) is 22.7. The second kappa shape index (κ2) is 6.26. The molecule has 1 aromatic carbocycles. The van der Waals surface area contributed by atoms with Gasteiger partial charge in [-0.05, 0) is 42.7 Å². The van der Waals surface area contributed by atoms with Crippen LogP contribution >= 0.6 is 0 Å². The smallest absolute Gasteiger partial charge is 0.259 e. The first-order valence-electron chi connectivity index (χ1n) is 6.71. The first-order chi connectivity index (χ1) is 10.0. The number of benzene rings is 1. The number of ether oxygens (including phenoxy) is 1. The molecule has 0 aliphatic carbocycles. The summed E-state index contributed by atoms with van der Waals surface area (Å²) in [5, 5.41) is 10.8. The van der Waals surface area contributed by atoms with E-state index in [-0.39, 0.29) is 0 Å². The maximum atomic E-state index is 11.9. The lowest BCUT2D eigenvalue weighted by molar-refractivity contribution is -0.250. The minimum Gasteiger partial charge on any atom is -0.529 e. The molecule has 0 aliphatic rings. The minimum atomic E-state index is -1.53. The van der Waals surface area contributed by atoms with E-state index in [1.54, 1.807) is 13.0 Å². The fraction of sp³-hybridized carbons (Fsp3) is 0.250. The fourth-order valence-corrected chi connectivity index (χ4v) is 2.04. The van der Waals surface area contributed by atoms with Gasteiger partial charge < -0.3 is 14.6 Å². The van der Waals surface area contributed by atoms with Crippen molar-refractivity contribution in [3.8, 4) is 16.9 Å². The molecule has 2 aromatic rings. The Labute approximate surface area is 122 Å². The summed E-state index contributed by atoms with van der Waals surface area (Å²) in [6.45, 7) is 4.28. The summed E-state index contributed by atoms with van der Waals surface area (Å²) >= 11 is 0. The number of rotatable bonds is 4. The molecule has 0 spiro atoms. The van der Waals surface area contributed by atoms with Crippen molar-refractivity contribution in [2.75, 3.05) is 6.61 Å². The van der Waals surface area contributed by atoms with E-state index in [4.69, 9.17) is 4.74 Å². The van der Waals surface area contributed by atoms with E-state index >= 15 is 0 Å². The third-order valence-electron chi connectivity index (χ3n) is 3.17. The molecule has 0 bridgehead atoms. The number of carboxylic acid groups (broad SMARTS) is 1. The summed E-state index contributed by atoms with van der Waals surface area (Å²) in [6.07, 6.45) is 0.613. The van der Waals surface area contributed by atoms with Crippen LogP contribution in [0, 0.1) is 6.92 Å². The zero-order chi connectivity index (χ0) is 15.4. The number of carbonyl (C=O) groups is 1. The quantitative estimate of drug-likeness (QED) is 0.859. The van der Waals surface area contributed by atoms with Crippen molar-refractivity contribution < 1.29 is 14.6 Å². The summed E-state index contributed by atoms with van der Waals surface area (Å²) in [5.74, 6) is 0.765. The largest absolute Gasteiger partial charge is 0.529 e. The average molecular weight is 286 g/mol. The van der Waals surface area contributed by atoms with Gasteiger partial charge in [0, 0.05) is 11.8 Å². The predicted octanol–water partition coefficient (Wildman–Crippen LogP) is 1.80. The van der Waals surface area contributed by atoms with Gasteiger partial charge in [0.25, 0.3) is 5.56 Å². The Kier molecular flexibility index (Phi) is 4.42. The van der Waals surface area contributed by atoms with Gasteiger partial charge in [-0.15, -0.1) is 0 Å². The number of nitrogens with zero attached hydrogens (tertiary/aromatic N) is 1. The molecule has 0 atom stereocenters. The van der Waals surface area contributed by atoms with Crippen LogP contribution in [-0.2, 0) is 0 Å². The van der Waals surface area contributed by atoms with E-state index < -0.39 is 11.7 Å². The van der Waals surface area contributed by atoms with Crippen molar-refractivity contribution >= 4 is 6.09 Å². The predicted molar refractivity (Wildman–Crippen MR) is 77.5 cm³/mol. The van der Waals surface area contributed by atoms with Crippen LogP contribution < -0.4 is 15.4 Å². The molecule has 1 aromatic heterocycles. The van der Waals surface area contributed by atoms with Crippen molar-refractivity contribution in [2.45, 2.75) is 20.3 Å². The third-order valence-corrected chi connectivity index (χ3v) is 3.17. The molecule has 0 saturated heterocycles. The number of aromatic nitrogens is 1. The molecular weight excluding hydrogens is 270 g/mol. The molecular formula is C16H16NO4-. The van der Waals surface area contributed by atoms with Gasteiger partial charge in [0.15, 0.2) is 0 Å². The van der Waals surface area contributed by atoms with Gasteiger partial charge in [-0.25, -0.2) is 0 Å². The Morgan fingerprint density at radius 1 is 1.24 bits per heavy atom. The standard InChI is InChI=1S/C16H17NO4/c1-3-10-21-13-6-4-12(5-7-13)14-8-9-17(16(19)20)15(18)11(14)2/h4-9H,3,10H2,1-2H3,(H,19,20)/p-1. The highest BCUT2D eigenvalue weighted by molar-refractivity contribution is 5.71. The molecule has 21 heavy (non-hydrogen) atoms. The van der Waals surface area contributed by atoms with Crippen molar-refractivity contribution in [1.29, 1.82) is 0 Å². The van der Waals surface area contributed by atoms with Gasteiger partial charge in [-0.2, -0.15) is 0 Å². The lowest BCUT2D eigenvalue weighted by Gasteiger charge is -2.11. The highest BCUT2D eigenvalue weighted by atomic mass is 16.5. The number of pyridine rings is 1. The molecule has 5 nitrogen and oxygen atoms in total. The normalized spacial score (nSPS) is 10.4. The summed E-state index contributed by atoms with van der Waals surface area (Å²) in [7, 11) is 0. The van der Waals surface area contributed by atoms with E-state index in [0.717, 1.165) is 17.7 Å². The Morgan fingerprint density at radius 3 is 2.48 bits per heavy atom. The van der Waals surface area contributed by atoms with Crippen LogP contribution in [0.4, 0.5) is 4.79 Å². The second-order valence-electron chi connectivity index (χ2n) is 4.67. The maximum absolute atomic E-state index is 11.9. The summed E-state index contributed by atoms with van der Waals surface area (Å²) < 4.78 is 6.07. The lowest BCUT2D eigenvalue weighted by atomic mass is 10.0. The Morgan fingerprint density at radius 2 is 1.90 bits per heavy atom. The first-order valence-corrected chi connectivity index (χ1v) is 6.71. The van der Waals surface area contributed by atoms with Gasteiger partial charge in [0.2, 0.25) is 0 Å². The molecule has 0 N–H and O–H groups in total. The van der Waals surface area contributed by atoms with Crippen LogP contribution in [0.5, 0.6) is 5.75 Å². The number of carbonyl (C=O) groups excluding carboxylic acids is 1. The van der Waals surface area contributed by atoms with Crippen LogP contribution in [0.3, 0.4) is 0 Å². The van der Waals surface area contributed by atoms with Gasteiger partial charge >= 0.3 is 0 Å². The van der Waals surface area contributed by atoms with E-state index in [2.05, 4.69) is 0 Å². The zero-order valence-corrected chi connectivity index (χ0v) is 12.0. The van der Waals surface area contributed by atoms with Crippen molar-refractivity contribution in [2.24, 2.45) is 0 Å². The van der Waals surface area contributed by atoms with Crippen molar-refractivity contribution in [1.82, 2.24) is 4.57 Å². The average Bonchev–Trinajstić information content (AvgIpc) is 2.48. The van der Waals surface area contributed by atoms with Crippen molar-refractivity contribution in [3.05, 3.63) is 52.4 Å².